The van der Waals surface area contributed by atoms with Crippen molar-refractivity contribution in [3.63, 3.8) is 0 Å². The second kappa shape index (κ2) is 4.90. The molecule has 0 aromatic carbocycles. The molecule has 74 valence electrons. The topological polar surface area (TPSA) is 26.0 Å². The zero-order valence-electron chi connectivity index (χ0n) is 9.49. The van der Waals surface area contributed by atoms with Gasteiger partial charge in [-0.1, -0.05) is 24.6 Å². The third-order valence-electron chi connectivity index (χ3n) is 2.40. The van der Waals surface area contributed by atoms with Crippen molar-refractivity contribution in [2.75, 3.05) is 0 Å². The van der Waals surface area contributed by atoms with Crippen LogP contribution in [0.3, 0.4) is 0 Å². The Kier molecular flexibility index (Phi) is 4.53. The molecule has 1 heteroatoms. The number of nitrogens with two attached hydrogens (primary N) is 1. The maximum Gasteiger partial charge on any atom is 0.0316 e. The van der Waals surface area contributed by atoms with Gasteiger partial charge in [0.15, 0.2) is 0 Å². The summed E-state index contributed by atoms with van der Waals surface area (Å²) < 4.78 is 0. The predicted molar refractivity (Wildman–Crippen MR) is 60.4 cm³/mol. The Morgan fingerprint density at radius 3 is 1.85 bits per heavy atom. The van der Waals surface area contributed by atoms with Crippen LogP contribution in [-0.4, -0.2) is 0 Å². The molecule has 0 aromatic rings. The number of rotatable bonds is 3. The van der Waals surface area contributed by atoms with Gasteiger partial charge in [0.2, 0.25) is 0 Å². The van der Waals surface area contributed by atoms with E-state index in [0.29, 0.717) is 5.70 Å². The molecule has 0 aromatic heterocycles. The van der Waals surface area contributed by atoms with Gasteiger partial charge in [-0.2, -0.15) is 0 Å². The normalized spacial score (nSPS) is 12.1. The summed E-state index contributed by atoms with van der Waals surface area (Å²) in [6, 6.07) is 0. The summed E-state index contributed by atoms with van der Waals surface area (Å²) >= 11 is 0. The van der Waals surface area contributed by atoms with E-state index in [1.54, 1.807) is 0 Å². The predicted octanol–water partition coefficient (Wildman–Crippen LogP) is 3.54. The van der Waals surface area contributed by atoms with Crippen LogP contribution in [0.25, 0.3) is 0 Å². The Morgan fingerprint density at radius 2 is 1.62 bits per heavy atom. The van der Waals surface area contributed by atoms with Crippen molar-refractivity contribution in [1.29, 1.82) is 0 Å². The standard InChI is InChI=1S/C12H21N/c1-7-9(4)12(11(6)13)10(5)8(2)3/h6-7,13H2,1-5H3/b12-9-. The van der Waals surface area contributed by atoms with Gasteiger partial charge in [0.25, 0.3) is 0 Å². The van der Waals surface area contributed by atoms with E-state index in [4.69, 9.17) is 5.73 Å². The molecule has 0 bridgehead atoms. The van der Waals surface area contributed by atoms with Gasteiger partial charge >= 0.3 is 0 Å². The van der Waals surface area contributed by atoms with Crippen LogP contribution in [0.1, 0.15) is 41.0 Å². The summed E-state index contributed by atoms with van der Waals surface area (Å²) in [5, 5.41) is 0. The quantitative estimate of drug-likeness (QED) is 0.659. The zero-order valence-corrected chi connectivity index (χ0v) is 9.49. The van der Waals surface area contributed by atoms with Gasteiger partial charge < -0.3 is 5.73 Å². The Labute approximate surface area is 82.0 Å². The van der Waals surface area contributed by atoms with Crippen molar-refractivity contribution >= 4 is 0 Å². The fraction of sp³-hybridized carbons (Fsp3) is 0.500. The van der Waals surface area contributed by atoms with Gasteiger partial charge in [-0.05, 0) is 45.3 Å². The SMILES string of the molecule is C=C(N)/C(C(C)=C(C)C)=C(/C)CC. The third-order valence-corrected chi connectivity index (χ3v) is 2.40. The van der Waals surface area contributed by atoms with Crippen LogP contribution in [0.4, 0.5) is 0 Å². The lowest BCUT2D eigenvalue weighted by molar-refractivity contribution is 1.05. The molecular formula is C12H21N. The highest BCUT2D eigenvalue weighted by Gasteiger charge is 2.06. The Balaban J connectivity index is 5.31. The molecule has 2 N–H and O–H groups in total. The van der Waals surface area contributed by atoms with E-state index in [-0.39, 0.29) is 0 Å². The Hall–Kier alpha value is -0.980. The van der Waals surface area contributed by atoms with Gasteiger partial charge in [0, 0.05) is 5.70 Å². The average Bonchev–Trinajstić information content (AvgIpc) is 2.03. The van der Waals surface area contributed by atoms with E-state index in [1.807, 2.05) is 0 Å². The molecule has 0 aliphatic rings. The van der Waals surface area contributed by atoms with E-state index in [9.17, 15) is 0 Å². The van der Waals surface area contributed by atoms with E-state index in [1.165, 1.54) is 16.7 Å². The maximum absolute atomic E-state index is 5.77. The molecule has 0 heterocycles. The molecule has 0 amide bonds. The van der Waals surface area contributed by atoms with Crippen molar-refractivity contribution in [1.82, 2.24) is 0 Å². The molecule has 0 unspecified atom stereocenters. The van der Waals surface area contributed by atoms with Crippen molar-refractivity contribution in [2.24, 2.45) is 5.73 Å². The fourth-order valence-corrected chi connectivity index (χ4v) is 1.26. The van der Waals surface area contributed by atoms with Gasteiger partial charge in [-0.15, -0.1) is 0 Å². The minimum absolute atomic E-state index is 0.679. The smallest absolute Gasteiger partial charge is 0.0316 e. The van der Waals surface area contributed by atoms with Crippen LogP contribution in [0, 0.1) is 0 Å². The molecule has 0 saturated carbocycles. The molecule has 0 saturated heterocycles. The van der Waals surface area contributed by atoms with Crippen LogP contribution in [0.15, 0.2) is 34.6 Å². The second-order valence-corrected chi connectivity index (χ2v) is 3.66. The highest BCUT2D eigenvalue weighted by Crippen LogP contribution is 2.23. The minimum atomic E-state index is 0.679. The summed E-state index contributed by atoms with van der Waals surface area (Å²) in [5.41, 5.74) is 11.5. The monoisotopic (exact) mass is 179 g/mol. The molecule has 0 aliphatic heterocycles. The maximum atomic E-state index is 5.77. The average molecular weight is 179 g/mol. The van der Waals surface area contributed by atoms with Crippen LogP contribution in [-0.2, 0) is 0 Å². The van der Waals surface area contributed by atoms with Crippen LogP contribution in [0.2, 0.25) is 0 Å². The molecule has 0 atom stereocenters. The Morgan fingerprint density at radius 1 is 1.15 bits per heavy atom. The summed E-state index contributed by atoms with van der Waals surface area (Å²) in [6.07, 6.45) is 1.02. The highest BCUT2D eigenvalue weighted by atomic mass is 14.6. The molecule has 0 fully saturated rings. The lowest BCUT2D eigenvalue weighted by Gasteiger charge is -2.13. The minimum Gasteiger partial charge on any atom is -0.399 e. The molecule has 0 rings (SSSR count). The van der Waals surface area contributed by atoms with Crippen molar-refractivity contribution < 1.29 is 0 Å². The summed E-state index contributed by atoms with van der Waals surface area (Å²) in [4.78, 5) is 0. The largest absolute Gasteiger partial charge is 0.399 e. The summed E-state index contributed by atoms with van der Waals surface area (Å²) in [7, 11) is 0. The van der Waals surface area contributed by atoms with Gasteiger partial charge in [0.1, 0.15) is 0 Å². The summed E-state index contributed by atoms with van der Waals surface area (Å²) in [5.74, 6) is 0. The number of hydrogen-bond donors (Lipinski definition) is 1. The van der Waals surface area contributed by atoms with Crippen molar-refractivity contribution in [3.8, 4) is 0 Å². The second-order valence-electron chi connectivity index (χ2n) is 3.66. The molecule has 0 aliphatic carbocycles. The van der Waals surface area contributed by atoms with E-state index < -0.39 is 0 Å². The molecule has 1 nitrogen and oxygen atoms in total. The van der Waals surface area contributed by atoms with Gasteiger partial charge in [0.05, 0.1) is 0 Å². The van der Waals surface area contributed by atoms with E-state index in [2.05, 4.69) is 41.2 Å². The molecule has 0 radical (unpaired) electrons. The van der Waals surface area contributed by atoms with Crippen LogP contribution in [0.5, 0.6) is 0 Å². The zero-order chi connectivity index (χ0) is 10.6. The van der Waals surface area contributed by atoms with E-state index in [0.717, 1.165) is 12.0 Å². The van der Waals surface area contributed by atoms with Gasteiger partial charge in [-0.3, -0.25) is 0 Å². The van der Waals surface area contributed by atoms with Crippen LogP contribution >= 0.6 is 0 Å². The van der Waals surface area contributed by atoms with E-state index >= 15 is 0 Å². The number of allylic oxidation sites excluding steroid dienone is 3. The van der Waals surface area contributed by atoms with Crippen molar-refractivity contribution in [2.45, 2.75) is 41.0 Å². The first-order valence-electron chi connectivity index (χ1n) is 4.70. The molecular weight excluding hydrogens is 158 g/mol. The fourth-order valence-electron chi connectivity index (χ4n) is 1.26. The van der Waals surface area contributed by atoms with Gasteiger partial charge in [-0.25, -0.2) is 0 Å². The molecule has 13 heavy (non-hydrogen) atoms. The van der Waals surface area contributed by atoms with Crippen LogP contribution < -0.4 is 5.73 Å². The number of hydrogen-bond acceptors (Lipinski definition) is 1. The third kappa shape index (κ3) is 3.10. The first kappa shape index (κ1) is 12.0. The Bertz CT molecular complexity index is 263. The molecule has 0 spiro atoms. The first-order valence-corrected chi connectivity index (χ1v) is 4.70. The highest BCUT2D eigenvalue weighted by molar-refractivity contribution is 5.47. The lowest BCUT2D eigenvalue weighted by atomic mass is 9.95. The van der Waals surface area contributed by atoms with Crippen molar-refractivity contribution in [3.05, 3.63) is 34.6 Å². The lowest BCUT2D eigenvalue weighted by Crippen LogP contribution is -2.04. The first-order chi connectivity index (χ1) is 5.91. The summed E-state index contributed by atoms with van der Waals surface area (Å²) in [6.45, 7) is 14.4.